The average molecular weight is 325 g/mol. The van der Waals surface area contributed by atoms with E-state index in [1.54, 1.807) is 29.3 Å². The molecule has 0 spiro atoms. The number of hydrogen-bond acceptors (Lipinski definition) is 5. The van der Waals surface area contributed by atoms with E-state index in [1.807, 2.05) is 6.07 Å². The summed E-state index contributed by atoms with van der Waals surface area (Å²) in [6, 6.07) is 6.10. The van der Waals surface area contributed by atoms with Crippen molar-refractivity contribution in [3.63, 3.8) is 0 Å². The number of ether oxygens (including phenoxy) is 2. The number of hydrogen-bond donors (Lipinski definition) is 0. The Morgan fingerprint density at radius 2 is 1.75 bits per heavy atom. The normalized spacial score (nSPS) is 16.0. The van der Waals surface area contributed by atoms with E-state index in [9.17, 15) is 9.59 Å². The lowest BCUT2D eigenvalue weighted by atomic mass is 10.1. The third-order valence-electron chi connectivity index (χ3n) is 4.25. The number of allylic oxidation sites excluding steroid dienone is 2. The molecule has 1 heterocycles. The molecule has 0 fully saturated rings. The zero-order valence-electron chi connectivity index (χ0n) is 13.7. The van der Waals surface area contributed by atoms with E-state index in [-0.39, 0.29) is 11.3 Å². The molecule has 0 aromatic heterocycles. The number of nitrogens with zero attached hydrogens (tertiary/aromatic N) is 1. The average Bonchev–Trinajstić information content (AvgIpc) is 2.97. The lowest BCUT2D eigenvalue weighted by molar-refractivity contribution is -0.139. The zero-order chi connectivity index (χ0) is 17.1. The third kappa shape index (κ3) is 2.85. The number of carbonyl (C=O) groups excluding carboxylic acids is 2. The molecule has 1 aromatic rings. The molecule has 5 nitrogen and oxygen atoms in total. The predicted molar refractivity (Wildman–Crippen MR) is 90.3 cm³/mol. The Kier molecular flexibility index (Phi) is 4.51. The first-order valence-electron chi connectivity index (χ1n) is 7.82. The van der Waals surface area contributed by atoms with Crippen molar-refractivity contribution in [1.29, 1.82) is 0 Å². The van der Waals surface area contributed by atoms with Crippen LogP contribution in [0, 0.1) is 0 Å². The first-order chi connectivity index (χ1) is 11.7. The summed E-state index contributed by atoms with van der Waals surface area (Å²) >= 11 is 0. The van der Waals surface area contributed by atoms with Crippen molar-refractivity contribution in [2.24, 2.45) is 0 Å². The summed E-state index contributed by atoms with van der Waals surface area (Å²) in [6.45, 7) is 0. The van der Waals surface area contributed by atoms with E-state index >= 15 is 0 Å². The number of benzene rings is 1. The van der Waals surface area contributed by atoms with Gasteiger partial charge < -0.3 is 14.4 Å². The smallest absolute Gasteiger partial charge is 0.355 e. The first kappa shape index (κ1) is 16.1. The van der Waals surface area contributed by atoms with Crippen LogP contribution in [0.25, 0.3) is 0 Å². The van der Waals surface area contributed by atoms with Gasteiger partial charge in [-0.1, -0.05) is 12.1 Å². The van der Waals surface area contributed by atoms with Crippen LogP contribution in [0.3, 0.4) is 0 Å². The van der Waals surface area contributed by atoms with Gasteiger partial charge in [0.05, 0.1) is 19.8 Å². The molecule has 1 aromatic carbocycles. The maximum absolute atomic E-state index is 12.4. The SMILES string of the molecule is COC(=O)C1=C(C(=O)OC)N(c2ccc3c(c2)CCC3)C=CC=C1. The standard InChI is InChI=1S/C19H19NO4/c1-23-18(21)16-8-3-4-11-20(17(16)19(22)24-2)15-10-9-13-6-5-7-14(13)12-15/h3-4,8-12H,5-7H2,1-2H3. The van der Waals surface area contributed by atoms with Crippen LogP contribution < -0.4 is 4.90 Å². The molecule has 5 heteroatoms. The molecule has 0 unspecified atom stereocenters. The van der Waals surface area contributed by atoms with E-state index < -0.39 is 11.9 Å². The fourth-order valence-corrected chi connectivity index (χ4v) is 3.07. The summed E-state index contributed by atoms with van der Waals surface area (Å²) in [6.07, 6.45) is 10.0. The Morgan fingerprint density at radius 1 is 1.00 bits per heavy atom. The quantitative estimate of drug-likeness (QED) is 0.800. The van der Waals surface area contributed by atoms with Gasteiger partial charge in [0.1, 0.15) is 5.70 Å². The number of aryl methyl sites for hydroxylation is 2. The van der Waals surface area contributed by atoms with Crippen molar-refractivity contribution in [3.05, 3.63) is 65.0 Å². The van der Waals surface area contributed by atoms with Crippen LogP contribution in [-0.2, 0) is 31.9 Å². The van der Waals surface area contributed by atoms with Gasteiger partial charge in [-0.2, -0.15) is 0 Å². The van der Waals surface area contributed by atoms with Gasteiger partial charge in [-0.25, -0.2) is 9.59 Å². The van der Waals surface area contributed by atoms with Crippen LogP contribution >= 0.6 is 0 Å². The molecular weight excluding hydrogens is 306 g/mol. The molecule has 3 rings (SSSR count). The number of carbonyl (C=O) groups is 2. The number of fused-ring (bicyclic) bond motifs is 1. The van der Waals surface area contributed by atoms with E-state index in [1.165, 1.54) is 25.3 Å². The Hall–Kier alpha value is -2.82. The maximum atomic E-state index is 12.4. The maximum Gasteiger partial charge on any atom is 0.355 e. The number of esters is 2. The Bertz CT molecular complexity index is 774. The Morgan fingerprint density at radius 3 is 2.50 bits per heavy atom. The molecule has 0 saturated carbocycles. The van der Waals surface area contributed by atoms with Gasteiger partial charge in [0.25, 0.3) is 0 Å². The highest BCUT2D eigenvalue weighted by molar-refractivity contribution is 6.05. The topological polar surface area (TPSA) is 55.8 Å². The van der Waals surface area contributed by atoms with Crippen LogP contribution in [0.2, 0.25) is 0 Å². The molecule has 0 amide bonds. The lowest BCUT2D eigenvalue weighted by Gasteiger charge is -2.23. The molecule has 24 heavy (non-hydrogen) atoms. The minimum atomic E-state index is -0.591. The molecule has 0 bridgehead atoms. The summed E-state index contributed by atoms with van der Waals surface area (Å²) in [7, 11) is 2.58. The van der Waals surface area contributed by atoms with Crippen LogP contribution in [0.1, 0.15) is 17.5 Å². The van der Waals surface area contributed by atoms with E-state index in [2.05, 4.69) is 12.1 Å². The summed E-state index contributed by atoms with van der Waals surface area (Å²) in [5.74, 6) is -1.17. The number of anilines is 1. The highest BCUT2D eigenvalue weighted by atomic mass is 16.5. The molecular formula is C19H19NO4. The molecule has 2 aliphatic rings. The second-order valence-electron chi connectivity index (χ2n) is 5.62. The van der Waals surface area contributed by atoms with Gasteiger partial charge in [-0.15, -0.1) is 0 Å². The highest BCUT2D eigenvalue weighted by Gasteiger charge is 2.27. The summed E-state index contributed by atoms with van der Waals surface area (Å²) in [5, 5.41) is 0. The molecule has 1 aliphatic heterocycles. The monoisotopic (exact) mass is 325 g/mol. The van der Waals surface area contributed by atoms with Crippen LogP contribution in [-0.4, -0.2) is 26.2 Å². The van der Waals surface area contributed by atoms with Crippen molar-refractivity contribution in [1.82, 2.24) is 0 Å². The fourth-order valence-electron chi connectivity index (χ4n) is 3.07. The number of rotatable bonds is 3. The van der Waals surface area contributed by atoms with Crippen LogP contribution in [0.5, 0.6) is 0 Å². The van der Waals surface area contributed by atoms with Crippen LogP contribution in [0.4, 0.5) is 5.69 Å². The first-order valence-corrected chi connectivity index (χ1v) is 7.82. The Balaban J connectivity index is 2.13. The zero-order valence-corrected chi connectivity index (χ0v) is 13.7. The molecule has 1 aliphatic carbocycles. The lowest BCUT2D eigenvalue weighted by Crippen LogP contribution is -2.27. The van der Waals surface area contributed by atoms with Crippen molar-refractivity contribution in [2.45, 2.75) is 19.3 Å². The molecule has 0 atom stereocenters. The summed E-state index contributed by atoms with van der Waals surface area (Å²) in [5.41, 5.74) is 3.74. The molecule has 0 saturated heterocycles. The molecule has 124 valence electrons. The van der Waals surface area contributed by atoms with Crippen LogP contribution in [0.15, 0.2) is 53.9 Å². The summed E-state index contributed by atoms with van der Waals surface area (Å²) < 4.78 is 9.72. The second-order valence-corrected chi connectivity index (χ2v) is 5.62. The van der Waals surface area contributed by atoms with Gasteiger partial charge >= 0.3 is 11.9 Å². The number of methoxy groups -OCH3 is 2. The van der Waals surface area contributed by atoms with Gasteiger partial charge in [-0.3, -0.25) is 0 Å². The third-order valence-corrected chi connectivity index (χ3v) is 4.25. The minimum absolute atomic E-state index is 0.146. The largest absolute Gasteiger partial charge is 0.465 e. The van der Waals surface area contributed by atoms with Crippen molar-refractivity contribution in [3.8, 4) is 0 Å². The molecule has 0 radical (unpaired) electrons. The van der Waals surface area contributed by atoms with E-state index in [0.717, 1.165) is 24.9 Å². The van der Waals surface area contributed by atoms with E-state index in [0.29, 0.717) is 0 Å². The van der Waals surface area contributed by atoms with Crippen molar-refractivity contribution < 1.29 is 19.1 Å². The van der Waals surface area contributed by atoms with Gasteiger partial charge in [-0.05, 0) is 54.7 Å². The Labute approximate surface area is 140 Å². The van der Waals surface area contributed by atoms with Crippen molar-refractivity contribution >= 4 is 17.6 Å². The summed E-state index contributed by atoms with van der Waals surface area (Å²) in [4.78, 5) is 26.2. The fraction of sp³-hybridized carbons (Fsp3) is 0.263. The van der Waals surface area contributed by atoms with Gasteiger partial charge in [0.15, 0.2) is 0 Å². The molecule has 0 N–H and O–H groups in total. The van der Waals surface area contributed by atoms with Gasteiger partial charge in [0.2, 0.25) is 0 Å². The van der Waals surface area contributed by atoms with Crippen molar-refractivity contribution in [2.75, 3.05) is 19.1 Å². The minimum Gasteiger partial charge on any atom is -0.465 e. The second kappa shape index (κ2) is 6.74. The van der Waals surface area contributed by atoms with Gasteiger partial charge in [0, 0.05) is 11.9 Å². The highest BCUT2D eigenvalue weighted by Crippen LogP contribution is 2.31. The predicted octanol–water partition coefficient (Wildman–Crippen LogP) is 2.67. The van der Waals surface area contributed by atoms with E-state index in [4.69, 9.17) is 9.47 Å².